The van der Waals surface area contributed by atoms with Crippen LogP contribution in [0.4, 0.5) is 0 Å². The topological polar surface area (TPSA) is 129 Å². The second-order valence-electron chi connectivity index (χ2n) is 9.82. The van der Waals surface area contributed by atoms with Crippen molar-refractivity contribution >= 4 is 34.4 Å². The third-order valence-electron chi connectivity index (χ3n) is 6.91. The Kier molecular flexibility index (Phi) is 13.1. The van der Waals surface area contributed by atoms with Crippen LogP contribution in [0.2, 0.25) is 0 Å². The molecule has 0 aliphatic heterocycles. The van der Waals surface area contributed by atoms with E-state index in [2.05, 4.69) is 34.5 Å². The highest BCUT2D eigenvalue weighted by Crippen LogP contribution is 2.37. The van der Waals surface area contributed by atoms with Crippen molar-refractivity contribution in [3.05, 3.63) is 81.5 Å². The zero-order chi connectivity index (χ0) is 29.8. The molecule has 41 heavy (non-hydrogen) atoms. The SMILES string of the molecule is C=CCCCCC(=O)N(Cc1ccccc1)C1CC(C(=O)NCCO)=CC(Oc2c(I)cc(CO)cc2OC)C1O. The average molecular weight is 679 g/mol. The highest BCUT2D eigenvalue weighted by atomic mass is 127. The molecule has 3 unspecified atom stereocenters. The summed E-state index contributed by atoms with van der Waals surface area (Å²) in [6.07, 6.45) is 3.95. The van der Waals surface area contributed by atoms with Crippen molar-refractivity contribution in [1.29, 1.82) is 0 Å². The Morgan fingerprint density at radius 1 is 1.17 bits per heavy atom. The van der Waals surface area contributed by atoms with Crippen LogP contribution in [-0.4, -0.2) is 70.5 Å². The van der Waals surface area contributed by atoms with Crippen molar-refractivity contribution in [1.82, 2.24) is 10.2 Å². The standard InChI is InChI=1S/C31H39IN2O7/c1-3-4-5-9-12-28(37)34(19-21-10-7-6-8-11-21)25-17-23(31(39)33-13-14-35)18-26(29(25)38)41-30-24(32)15-22(20-36)16-27(30)40-2/h3,6-8,10-11,15-16,18,25-26,29,35-36,38H,1,4-5,9,12-14,17,19-20H2,2H3,(H,33,39). The lowest BCUT2D eigenvalue weighted by Gasteiger charge is -2.41. The minimum absolute atomic E-state index is 0.0687. The Morgan fingerprint density at radius 2 is 1.93 bits per heavy atom. The molecule has 1 aliphatic carbocycles. The predicted octanol–water partition coefficient (Wildman–Crippen LogP) is 3.48. The molecule has 1 aliphatic rings. The second-order valence-corrected chi connectivity index (χ2v) is 11.0. The molecule has 222 valence electrons. The summed E-state index contributed by atoms with van der Waals surface area (Å²) >= 11 is 2.07. The molecule has 0 heterocycles. The molecule has 9 nitrogen and oxygen atoms in total. The minimum atomic E-state index is -1.16. The molecular weight excluding hydrogens is 639 g/mol. The van der Waals surface area contributed by atoms with E-state index >= 15 is 0 Å². The number of methoxy groups -OCH3 is 1. The van der Waals surface area contributed by atoms with Gasteiger partial charge in [0.25, 0.3) is 0 Å². The van der Waals surface area contributed by atoms with E-state index in [0.717, 1.165) is 18.4 Å². The number of hydrogen-bond acceptors (Lipinski definition) is 7. The van der Waals surface area contributed by atoms with Crippen LogP contribution in [0.3, 0.4) is 0 Å². The smallest absolute Gasteiger partial charge is 0.247 e. The van der Waals surface area contributed by atoms with Crippen LogP contribution in [0.1, 0.15) is 43.2 Å². The molecule has 10 heteroatoms. The lowest BCUT2D eigenvalue weighted by atomic mass is 9.87. The summed E-state index contributed by atoms with van der Waals surface area (Å²) < 4.78 is 12.5. The van der Waals surface area contributed by atoms with Crippen LogP contribution >= 0.6 is 22.6 Å². The summed E-state index contributed by atoms with van der Waals surface area (Å²) in [7, 11) is 1.48. The molecule has 0 saturated carbocycles. The summed E-state index contributed by atoms with van der Waals surface area (Å²) in [5.74, 6) is 0.193. The highest BCUT2D eigenvalue weighted by Gasteiger charge is 2.40. The van der Waals surface area contributed by atoms with Gasteiger partial charge in [-0.1, -0.05) is 36.4 Å². The first-order valence-corrected chi connectivity index (χ1v) is 14.8. The van der Waals surface area contributed by atoms with Crippen LogP contribution in [0.25, 0.3) is 0 Å². The van der Waals surface area contributed by atoms with Gasteiger partial charge in [-0.15, -0.1) is 6.58 Å². The number of carbonyl (C=O) groups excluding carboxylic acids is 2. The number of nitrogens with one attached hydrogen (secondary N) is 1. The van der Waals surface area contributed by atoms with Crippen molar-refractivity contribution in [2.24, 2.45) is 0 Å². The number of benzene rings is 2. The number of allylic oxidation sites excluding steroid dienone is 1. The number of ether oxygens (including phenoxy) is 2. The van der Waals surface area contributed by atoms with Gasteiger partial charge in [0.05, 0.1) is 29.9 Å². The lowest BCUT2D eigenvalue weighted by Crippen LogP contribution is -2.54. The van der Waals surface area contributed by atoms with E-state index in [1.807, 2.05) is 36.4 Å². The molecule has 0 bridgehead atoms. The predicted molar refractivity (Wildman–Crippen MR) is 164 cm³/mol. The Balaban J connectivity index is 2.00. The molecule has 0 spiro atoms. The van der Waals surface area contributed by atoms with E-state index in [1.54, 1.807) is 23.1 Å². The molecule has 0 radical (unpaired) electrons. The number of hydrogen-bond donors (Lipinski definition) is 4. The molecule has 0 fully saturated rings. The Labute approximate surface area is 255 Å². The maximum absolute atomic E-state index is 13.6. The maximum atomic E-state index is 13.6. The minimum Gasteiger partial charge on any atom is -0.493 e. The summed E-state index contributed by atoms with van der Waals surface area (Å²) in [5, 5.41) is 33.2. The van der Waals surface area contributed by atoms with E-state index < -0.39 is 24.2 Å². The highest BCUT2D eigenvalue weighted by molar-refractivity contribution is 14.1. The van der Waals surface area contributed by atoms with Gasteiger partial charge in [-0.05, 0) is 71.2 Å². The van der Waals surface area contributed by atoms with Gasteiger partial charge in [0.2, 0.25) is 11.8 Å². The van der Waals surface area contributed by atoms with Gasteiger partial charge in [0, 0.05) is 31.5 Å². The monoisotopic (exact) mass is 678 g/mol. The third kappa shape index (κ3) is 9.03. The first-order chi connectivity index (χ1) is 19.8. The van der Waals surface area contributed by atoms with Crippen molar-refractivity contribution < 1.29 is 34.4 Å². The van der Waals surface area contributed by atoms with Crippen molar-refractivity contribution in [3.63, 3.8) is 0 Å². The molecule has 2 aromatic carbocycles. The van der Waals surface area contributed by atoms with Gasteiger partial charge >= 0.3 is 0 Å². The molecule has 0 aromatic heterocycles. The Morgan fingerprint density at radius 3 is 2.59 bits per heavy atom. The first-order valence-electron chi connectivity index (χ1n) is 13.7. The lowest BCUT2D eigenvalue weighted by molar-refractivity contribution is -0.139. The normalized spacial score (nSPS) is 18.3. The number of aliphatic hydroxyl groups excluding tert-OH is 3. The number of halogens is 1. The van der Waals surface area contributed by atoms with E-state index in [9.17, 15) is 24.9 Å². The van der Waals surface area contributed by atoms with Gasteiger partial charge in [-0.3, -0.25) is 9.59 Å². The molecule has 3 atom stereocenters. The third-order valence-corrected chi connectivity index (χ3v) is 7.71. The van der Waals surface area contributed by atoms with Gasteiger partial charge in [-0.2, -0.15) is 0 Å². The molecular formula is C31H39IN2O7. The van der Waals surface area contributed by atoms with Gasteiger partial charge in [0.1, 0.15) is 12.2 Å². The fraction of sp³-hybridized carbons (Fsp3) is 0.419. The van der Waals surface area contributed by atoms with Crippen LogP contribution in [-0.2, 0) is 22.7 Å². The molecule has 2 aromatic rings. The molecule has 4 N–H and O–H groups in total. The number of rotatable bonds is 15. The van der Waals surface area contributed by atoms with Crippen molar-refractivity contribution in [2.75, 3.05) is 20.3 Å². The molecule has 2 amide bonds. The maximum Gasteiger partial charge on any atom is 0.247 e. The summed E-state index contributed by atoms with van der Waals surface area (Å²) in [5.41, 5.74) is 1.88. The number of unbranched alkanes of at least 4 members (excludes halogenated alkanes) is 2. The van der Waals surface area contributed by atoms with Crippen LogP contribution in [0, 0.1) is 3.57 Å². The van der Waals surface area contributed by atoms with Crippen LogP contribution in [0.15, 0.2) is 66.8 Å². The number of aliphatic hydroxyl groups is 3. The zero-order valence-corrected chi connectivity index (χ0v) is 25.5. The van der Waals surface area contributed by atoms with Crippen molar-refractivity contribution in [2.45, 2.75) is 63.5 Å². The average Bonchev–Trinajstić information content (AvgIpc) is 2.99. The van der Waals surface area contributed by atoms with E-state index in [0.29, 0.717) is 39.0 Å². The van der Waals surface area contributed by atoms with Crippen LogP contribution < -0.4 is 14.8 Å². The quantitative estimate of drug-likeness (QED) is 0.129. The number of amides is 2. The Hall–Kier alpha value is -2.93. The van der Waals surface area contributed by atoms with E-state index in [1.165, 1.54) is 7.11 Å². The fourth-order valence-corrected chi connectivity index (χ4v) is 5.57. The summed E-state index contributed by atoms with van der Waals surface area (Å²) in [6, 6.07) is 12.2. The molecule has 3 rings (SSSR count). The largest absolute Gasteiger partial charge is 0.493 e. The molecule has 0 saturated heterocycles. The van der Waals surface area contributed by atoms with Crippen LogP contribution in [0.5, 0.6) is 11.5 Å². The van der Waals surface area contributed by atoms with E-state index in [4.69, 9.17) is 9.47 Å². The summed E-state index contributed by atoms with van der Waals surface area (Å²) in [6.45, 7) is 3.67. The first kappa shape index (κ1) is 32.6. The van der Waals surface area contributed by atoms with Gasteiger partial charge in [-0.25, -0.2) is 0 Å². The van der Waals surface area contributed by atoms with Gasteiger partial charge < -0.3 is 35.0 Å². The second kappa shape index (κ2) is 16.5. The van der Waals surface area contributed by atoms with Crippen molar-refractivity contribution in [3.8, 4) is 11.5 Å². The summed E-state index contributed by atoms with van der Waals surface area (Å²) in [4.78, 5) is 28.4. The van der Waals surface area contributed by atoms with E-state index in [-0.39, 0.29) is 38.6 Å². The number of carbonyl (C=O) groups is 2. The number of nitrogens with zero attached hydrogens (tertiary/aromatic N) is 1. The fourth-order valence-electron chi connectivity index (χ4n) is 4.77. The Bertz CT molecular complexity index is 1200. The van der Waals surface area contributed by atoms with Gasteiger partial charge in [0.15, 0.2) is 11.5 Å². The zero-order valence-electron chi connectivity index (χ0n) is 23.3.